The maximum Gasteiger partial charge on any atom is 0.338 e. The van der Waals surface area contributed by atoms with E-state index in [2.05, 4.69) is 10.2 Å². The van der Waals surface area contributed by atoms with Crippen molar-refractivity contribution in [2.75, 3.05) is 0 Å². The van der Waals surface area contributed by atoms with Crippen LogP contribution in [-0.2, 0) is 0 Å². The van der Waals surface area contributed by atoms with Gasteiger partial charge in [0.15, 0.2) is 5.52 Å². The normalized spacial score (nSPS) is 10.7. The topological polar surface area (TPSA) is 88.2 Å². The van der Waals surface area contributed by atoms with Crippen LogP contribution in [0.25, 0.3) is 16.7 Å². The average Bonchev–Trinajstić information content (AvgIpc) is 2.85. The van der Waals surface area contributed by atoms with Crippen molar-refractivity contribution < 1.29 is 15.0 Å². The van der Waals surface area contributed by atoms with Gasteiger partial charge in [-0.1, -0.05) is 18.2 Å². The van der Waals surface area contributed by atoms with Crippen LogP contribution in [-0.4, -0.2) is 31.2 Å². The first-order chi connectivity index (χ1) is 9.16. The van der Waals surface area contributed by atoms with Crippen LogP contribution in [0.4, 0.5) is 0 Å². The zero-order valence-electron chi connectivity index (χ0n) is 9.69. The molecule has 0 bridgehead atoms. The Morgan fingerprint density at radius 3 is 2.37 bits per heavy atom. The van der Waals surface area contributed by atoms with Gasteiger partial charge in [-0.05, 0) is 24.3 Å². The average molecular weight is 255 g/mol. The van der Waals surface area contributed by atoms with Gasteiger partial charge in [-0.25, -0.2) is 4.79 Å². The fraction of sp³-hybridized carbons (Fsp3) is 0. The van der Waals surface area contributed by atoms with Gasteiger partial charge in [0.05, 0.1) is 11.3 Å². The highest BCUT2D eigenvalue weighted by atomic mass is 16.4. The Morgan fingerprint density at radius 2 is 1.68 bits per heavy atom. The minimum Gasteiger partial charge on any atom is -0.506 e. The Hall–Kier alpha value is -2.89. The van der Waals surface area contributed by atoms with Crippen molar-refractivity contribution in [3.8, 4) is 11.4 Å². The Bertz CT molecular complexity index is 765. The number of aromatic hydroxyl groups is 1. The molecular formula is C13H9N3O3. The molecule has 0 unspecified atom stereocenters. The highest BCUT2D eigenvalue weighted by Crippen LogP contribution is 2.25. The fourth-order valence-electron chi connectivity index (χ4n) is 1.83. The molecule has 6 nitrogen and oxygen atoms in total. The molecule has 0 aliphatic heterocycles. The summed E-state index contributed by atoms with van der Waals surface area (Å²) in [5.74, 6) is -1.20. The van der Waals surface area contributed by atoms with Crippen LogP contribution >= 0.6 is 0 Å². The van der Waals surface area contributed by atoms with Gasteiger partial charge in [0.1, 0.15) is 11.3 Å². The highest BCUT2D eigenvalue weighted by molar-refractivity contribution is 6.02. The largest absolute Gasteiger partial charge is 0.506 e. The first-order valence-electron chi connectivity index (χ1n) is 5.54. The first-order valence-corrected chi connectivity index (χ1v) is 5.54. The molecule has 1 aromatic heterocycles. The number of hydrogen-bond donors (Lipinski definition) is 2. The molecule has 0 amide bonds. The van der Waals surface area contributed by atoms with E-state index in [4.69, 9.17) is 5.11 Å². The maximum atomic E-state index is 11.1. The SMILES string of the molecule is O=C(O)c1ccc(O)c2nn(-c3ccccc3)nc12. The van der Waals surface area contributed by atoms with Crippen LogP contribution < -0.4 is 0 Å². The molecule has 6 heteroatoms. The number of carboxylic acids is 1. The molecule has 0 spiro atoms. The van der Waals surface area contributed by atoms with E-state index >= 15 is 0 Å². The van der Waals surface area contributed by atoms with Crippen molar-refractivity contribution in [1.82, 2.24) is 15.0 Å². The van der Waals surface area contributed by atoms with E-state index in [1.165, 1.54) is 16.9 Å². The number of phenols is 1. The number of aromatic carboxylic acids is 1. The monoisotopic (exact) mass is 255 g/mol. The lowest BCUT2D eigenvalue weighted by Crippen LogP contribution is -1.99. The molecule has 0 aliphatic carbocycles. The van der Waals surface area contributed by atoms with Gasteiger partial charge in [0.25, 0.3) is 0 Å². The summed E-state index contributed by atoms with van der Waals surface area (Å²) in [6.45, 7) is 0. The van der Waals surface area contributed by atoms with E-state index in [0.717, 1.165) is 0 Å². The predicted octanol–water partition coefficient (Wildman–Crippen LogP) is 1.82. The lowest BCUT2D eigenvalue weighted by Gasteiger charge is -1.96. The summed E-state index contributed by atoms with van der Waals surface area (Å²) in [6, 6.07) is 11.7. The van der Waals surface area contributed by atoms with Crippen LogP contribution in [0.2, 0.25) is 0 Å². The fourth-order valence-corrected chi connectivity index (χ4v) is 1.83. The molecule has 0 fully saturated rings. The lowest BCUT2D eigenvalue weighted by atomic mass is 10.2. The maximum absolute atomic E-state index is 11.1. The van der Waals surface area contributed by atoms with Crippen LogP contribution in [0.1, 0.15) is 10.4 Å². The van der Waals surface area contributed by atoms with E-state index < -0.39 is 5.97 Å². The van der Waals surface area contributed by atoms with E-state index in [-0.39, 0.29) is 22.3 Å². The van der Waals surface area contributed by atoms with Gasteiger partial charge in [0, 0.05) is 0 Å². The van der Waals surface area contributed by atoms with Crippen molar-refractivity contribution in [1.29, 1.82) is 0 Å². The summed E-state index contributed by atoms with van der Waals surface area (Å²) < 4.78 is 0. The Kier molecular flexibility index (Phi) is 2.42. The summed E-state index contributed by atoms with van der Waals surface area (Å²) in [5.41, 5.74) is 1.03. The minimum absolute atomic E-state index is 0.00924. The van der Waals surface area contributed by atoms with Crippen molar-refractivity contribution >= 4 is 17.0 Å². The van der Waals surface area contributed by atoms with Gasteiger partial charge in [0.2, 0.25) is 0 Å². The van der Waals surface area contributed by atoms with E-state index in [1.807, 2.05) is 18.2 Å². The third-order valence-electron chi connectivity index (χ3n) is 2.74. The number of para-hydroxylation sites is 1. The Labute approximate surface area is 107 Å². The highest BCUT2D eigenvalue weighted by Gasteiger charge is 2.16. The molecule has 0 saturated heterocycles. The summed E-state index contributed by atoms with van der Waals surface area (Å²) in [4.78, 5) is 12.4. The molecular weight excluding hydrogens is 246 g/mol. The number of aromatic nitrogens is 3. The van der Waals surface area contributed by atoms with Gasteiger partial charge in [-0.15, -0.1) is 10.2 Å². The summed E-state index contributed by atoms with van der Waals surface area (Å²) in [6.07, 6.45) is 0. The third-order valence-corrected chi connectivity index (χ3v) is 2.74. The number of carbonyl (C=O) groups is 1. The lowest BCUT2D eigenvalue weighted by molar-refractivity contribution is 0.0699. The van der Waals surface area contributed by atoms with Crippen LogP contribution in [0, 0.1) is 0 Å². The molecule has 94 valence electrons. The zero-order valence-corrected chi connectivity index (χ0v) is 9.69. The van der Waals surface area contributed by atoms with Crippen LogP contribution in [0.3, 0.4) is 0 Å². The van der Waals surface area contributed by atoms with Crippen molar-refractivity contribution in [2.24, 2.45) is 0 Å². The number of rotatable bonds is 2. The number of benzene rings is 2. The second-order valence-electron chi connectivity index (χ2n) is 3.96. The van der Waals surface area contributed by atoms with Crippen molar-refractivity contribution in [2.45, 2.75) is 0 Å². The van der Waals surface area contributed by atoms with Gasteiger partial charge in [-0.2, -0.15) is 4.80 Å². The van der Waals surface area contributed by atoms with E-state index in [0.29, 0.717) is 5.69 Å². The summed E-state index contributed by atoms with van der Waals surface area (Å²) in [5, 5.41) is 27.1. The predicted molar refractivity (Wildman–Crippen MR) is 67.5 cm³/mol. The molecule has 0 aliphatic rings. The van der Waals surface area contributed by atoms with Crippen LogP contribution in [0.5, 0.6) is 5.75 Å². The summed E-state index contributed by atoms with van der Waals surface area (Å²) in [7, 11) is 0. The number of nitrogens with zero attached hydrogens (tertiary/aromatic N) is 3. The number of fused-ring (bicyclic) bond motifs is 1. The Morgan fingerprint density at radius 1 is 1.00 bits per heavy atom. The number of carboxylic acid groups (broad SMARTS) is 1. The summed E-state index contributed by atoms with van der Waals surface area (Å²) >= 11 is 0. The Balaban J connectivity index is 2.29. The van der Waals surface area contributed by atoms with Gasteiger partial charge >= 0.3 is 5.97 Å². The molecule has 3 aromatic rings. The van der Waals surface area contributed by atoms with Gasteiger partial charge in [-0.3, -0.25) is 0 Å². The zero-order chi connectivity index (χ0) is 13.4. The second-order valence-corrected chi connectivity index (χ2v) is 3.96. The molecule has 3 rings (SSSR count). The minimum atomic E-state index is -1.11. The third kappa shape index (κ3) is 1.79. The molecule has 0 radical (unpaired) electrons. The standard InChI is InChI=1S/C13H9N3O3/c17-10-7-6-9(13(18)19)11-12(10)15-16(14-11)8-4-2-1-3-5-8/h1-7,17H,(H,18,19). The molecule has 2 N–H and O–H groups in total. The molecule has 0 saturated carbocycles. The van der Waals surface area contributed by atoms with Crippen molar-refractivity contribution in [3.05, 3.63) is 48.0 Å². The molecule has 2 aromatic carbocycles. The van der Waals surface area contributed by atoms with E-state index in [9.17, 15) is 9.90 Å². The quantitative estimate of drug-likeness (QED) is 0.729. The molecule has 0 atom stereocenters. The smallest absolute Gasteiger partial charge is 0.338 e. The second kappa shape index (κ2) is 4.09. The first kappa shape index (κ1) is 11.2. The molecule has 1 heterocycles. The van der Waals surface area contributed by atoms with Crippen molar-refractivity contribution in [3.63, 3.8) is 0 Å². The van der Waals surface area contributed by atoms with E-state index in [1.54, 1.807) is 12.1 Å². The van der Waals surface area contributed by atoms with Crippen LogP contribution in [0.15, 0.2) is 42.5 Å². The molecule has 19 heavy (non-hydrogen) atoms. The number of hydrogen-bond acceptors (Lipinski definition) is 4. The van der Waals surface area contributed by atoms with Gasteiger partial charge < -0.3 is 10.2 Å². The number of phenolic OH excluding ortho intramolecular Hbond substituents is 1.